The van der Waals surface area contributed by atoms with Crippen molar-refractivity contribution >= 4 is 70.4 Å². The minimum atomic E-state index is 1.13. The van der Waals surface area contributed by atoms with E-state index in [9.17, 15) is 0 Å². The van der Waals surface area contributed by atoms with Gasteiger partial charge in [0.15, 0.2) is 0 Å². The molecule has 2 nitrogen and oxygen atoms in total. The van der Waals surface area contributed by atoms with Gasteiger partial charge in [0.05, 0.1) is 11.0 Å². The van der Waals surface area contributed by atoms with Gasteiger partial charge in [0.2, 0.25) is 0 Å². The smallest absolute Gasteiger partial charge is 0.0541 e. The Labute approximate surface area is 265 Å². The lowest BCUT2D eigenvalue weighted by atomic mass is 10.0. The first-order valence-electron chi connectivity index (χ1n) is 15.3. The lowest BCUT2D eigenvalue weighted by Crippen LogP contribution is -2.09. The molecule has 9 aromatic rings. The highest BCUT2D eigenvalue weighted by Gasteiger charge is 2.16. The molecular formula is C42H28N2S. The molecule has 0 spiro atoms. The van der Waals surface area contributed by atoms with Crippen LogP contribution in [0.2, 0.25) is 0 Å². The summed E-state index contributed by atoms with van der Waals surface area (Å²) in [6.07, 6.45) is 0. The molecule has 212 valence electrons. The molecular weight excluding hydrogens is 565 g/mol. The Balaban J connectivity index is 1.17. The van der Waals surface area contributed by atoms with Crippen LogP contribution in [0.5, 0.6) is 0 Å². The van der Waals surface area contributed by atoms with Crippen LogP contribution in [0.4, 0.5) is 17.1 Å². The maximum atomic E-state index is 2.40. The summed E-state index contributed by atoms with van der Waals surface area (Å²) < 4.78 is 4.98. The number of anilines is 3. The van der Waals surface area contributed by atoms with E-state index in [1.54, 1.807) is 0 Å². The SMILES string of the molecule is c1ccc(-c2ccc(N(c3ccccc3)c3ccc4sc5cc(-n6c7ccccc7c7ccccc76)ccc5c4c3)cc2)cc1. The Morgan fingerprint density at radius 1 is 0.378 bits per heavy atom. The molecule has 0 atom stereocenters. The lowest BCUT2D eigenvalue weighted by Gasteiger charge is -2.25. The van der Waals surface area contributed by atoms with E-state index >= 15 is 0 Å². The standard InChI is InChI=1S/C42H28N2S/c1-3-11-29(12-4-1)30-19-21-32(22-20-30)43(31-13-5-2-6-14-31)33-24-26-41-38(27-33)37-25-23-34(28-42(37)45-41)44-39-17-9-7-15-35(39)36-16-8-10-18-40(36)44/h1-28H. The van der Waals surface area contributed by atoms with Gasteiger partial charge in [0.1, 0.15) is 0 Å². The number of hydrogen-bond acceptors (Lipinski definition) is 2. The minimum Gasteiger partial charge on any atom is -0.310 e. The van der Waals surface area contributed by atoms with Gasteiger partial charge in [-0.25, -0.2) is 0 Å². The fraction of sp³-hybridized carbons (Fsp3) is 0. The monoisotopic (exact) mass is 592 g/mol. The zero-order valence-electron chi connectivity index (χ0n) is 24.5. The van der Waals surface area contributed by atoms with E-state index in [0.717, 1.165) is 17.1 Å². The van der Waals surface area contributed by atoms with Crippen LogP contribution in [0.3, 0.4) is 0 Å². The highest BCUT2D eigenvalue weighted by Crippen LogP contribution is 2.42. The number of para-hydroxylation sites is 3. The number of fused-ring (bicyclic) bond motifs is 6. The molecule has 3 heteroatoms. The average molecular weight is 593 g/mol. The van der Waals surface area contributed by atoms with Gasteiger partial charge in [-0.15, -0.1) is 11.3 Å². The van der Waals surface area contributed by atoms with E-state index in [2.05, 4.69) is 179 Å². The molecule has 0 fully saturated rings. The minimum absolute atomic E-state index is 1.13. The molecule has 45 heavy (non-hydrogen) atoms. The third kappa shape index (κ3) is 4.32. The number of hydrogen-bond donors (Lipinski definition) is 0. The van der Waals surface area contributed by atoms with Gasteiger partial charge < -0.3 is 9.47 Å². The predicted molar refractivity (Wildman–Crippen MR) is 194 cm³/mol. The van der Waals surface area contributed by atoms with E-state index in [4.69, 9.17) is 0 Å². The molecule has 0 saturated heterocycles. The number of aromatic nitrogens is 1. The number of thiophene rings is 1. The van der Waals surface area contributed by atoms with Crippen molar-refractivity contribution in [1.29, 1.82) is 0 Å². The maximum Gasteiger partial charge on any atom is 0.0541 e. The van der Waals surface area contributed by atoms with E-state index < -0.39 is 0 Å². The normalized spacial score (nSPS) is 11.6. The second-order valence-corrected chi connectivity index (χ2v) is 12.5. The van der Waals surface area contributed by atoms with Gasteiger partial charge in [-0.3, -0.25) is 0 Å². The highest BCUT2D eigenvalue weighted by molar-refractivity contribution is 7.25. The Kier molecular flexibility index (Phi) is 6.03. The van der Waals surface area contributed by atoms with Gasteiger partial charge in [0.25, 0.3) is 0 Å². The van der Waals surface area contributed by atoms with Crippen LogP contribution in [-0.2, 0) is 0 Å². The molecule has 9 rings (SSSR count). The Bertz CT molecular complexity index is 2420. The lowest BCUT2D eigenvalue weighted by molar-refractivity contribution is 1.19. The molecule has 2 heterocycles. The predicted octanol–water partition coefficient (Wildman–Crippen LogP) is 12.3. The average Bonchev–Trinajstić information content (AvgIpc) is 3.64. The molecule has 0 saturated carbocycles. The van der Waals surface area contributed by atoms with Crippen molar-refractivity contribution < 1.29 is 0 Å². The highest BCUT2D eigenvalue weighted by atomic mass is 32.1. The van der Waals surface area contributed by atoms with Crippen molar-refractivity contribution in [2.45, 2.75) is 0 Å². The van der Waals surface area contributed by atoms with Gasteiger partial charge in [-0.05, 0) is 77.9 Å². The van der Waals surface area contributed by atoms with Crippen LogP contribution in [0, 0.1) is 0 Å². The molecule has 0 amide bonds. The van der Waals surface area contributed by atoms with Crippen molar-refractivity contribution in [1.82, 2.24) is 4.57 Å². The van der Waals surface area contributed by atoms with Crippen molar-refractivity contribution in [2.24, 2.45) is 0 Å². The number of rotatable bonds is 5. The van der Waals surface area contributed by atoms with E-state index in [-0.39, 0.29) is 0 Å². The summed E-state index contributed by atoms with van der Waals surface area (Å²) >= 11 is 1.86. The van der Waals surface area contributed by atoms with Crippen LogP contribution in [0.25, 0.3) is 58.8 Å². The first-order valence-corrected chi connectivity index (χ1v) is 16.1. The zero-order chi connectivity index (χ0) is 29.7. The molecule has 0 N–H and O–H groups in total. The Hall–Kier alpha value is -5.64. The molecule has 0 unspecified atom stereocenters. The van der Waals surface area contributed by atoms with Crippen LogP contribution in [0.1, 0.15) is 0 Å². The van der Waals surface area contributed by atoms with E-state index in [1.165, 1.54) is 58.8 Å². The zero-order valence-corrected chi connectivity index (χ0v) is 25.3. The summed E-state index contributed by atoms with van der Waals surface area (Å²) in [6, 6.07) is 61.3. The summed E-state index contributed by atoms with van der Waals surface area (Å²) in [7, 11) is 0. The largest absolute Gasteiger partial charge is 0.310 e. The molecule has 7 aromatic carbocycles. The van der Waals surface area contributed by atoms with Gasteiger partial charge in [-0.1, -0.05) is 103 Å². The van der Waals surface area contributed by atoms with Crippen LogP contribution in [0.15, 0.2) is 170 Å². The Morgan fingerprint density at radius 3 is 1.67 bits per heavy atom. The van der Waals surface area contributed by atoms with Crippen molar-refractivity contribution in [3.63, 3.8) is 0 Å². The third-order valence-electron chi connectivity index (χ3n) is 8.78. The number of benzene rings is 7. The fourth-order valence-electron chi connectivity index (χ4n) is 6.69. The van der Waals surface area contributed by atoms with Crippen LogP contribution < -0.4 is 4.90 Å². The molecule has 0 aliphatic carbocycles. The molecule has 0 radical (unpaired) electrons. The van der Waals surface area contributed by atoms with E-state index in [0.29, 0.717) is 0 Å². The first-order chi connectivity index (χ1) is 22.3. The molecule has 0 aliphatic rings. The van der Waals surface area contributed by atoms with Gasteiger partial charge in [0, 0.05) is 53.7 Å². The van der Waals surface area contributed by atoms with Crippen molar-refractivity contribution in [2.75, 3.05) is 4.90 Å². The van der Waals surface area contributed by atoms with E-state index in [1.807, 2.05) is 11.3 Å². The molecule has 0 aliphatic heterocycles. The summed E-state index contributed by atoms with van der Waals surface area (Å²) in [4.78, 5) is 2.35. The fourth-order valence-corrected chi connectivity index (χ4v) is 7.81. The quantitative estimate of drug-likeness (QED) is 0.193. The molecule has 2 aromatic heterocycles. The topological polar surface area (TPSA) is 8.17 Å². The van der Waals surface area contributed by atoms with Crippen LogP contribution in [-0.4, -0.2) is 4.57 Å². The summed E-state index contributed by atoms with van der Waals surface area (Å²) in [5.41, 5.74) is 9.51. The summed E-state index contributed by atoms with van der Waals surface area (Å²) in [5, 5.41) is 5.14. The second kappa shape index (κ2) is 10.5. The first kappa shape index (κ1) is 25.8. The maximum absolute atomic E-state index is 2.40. The summed E-state index contributed by atoms with van der Waals surface area (Å²) in [5.74, 6) is 0. The van der Waals surface area contributed by atoms with Crippen LogP contribution >= 0.6 is 11.3 Å². The summed E-state index contributed by atoms with van der Waals surface area (Å²) in [6.45, 7) is 0. The Morgan fingerprint density at radius 2 is 0.956 bits per heavy atom. The number of nitrogens with zero attached hydrogens (tertiary/aromatic N) is 2. The molecule has 0 bridgehead atoms. The van der Waals surface area contributed by atoms with Gasteiger partial charge >= 0.3 is 0 Å². The van der Waals surface area contributed by atoms with Crippen molar-refractivity contribution in [3.8, 4) is 16.8 Å². The second-order valence-electron chi connectivity index (χ2n) is 11.4. The third-order valence-corrected chi connectivity index (χ3v) is 9.92. The van der Waals surface area contributed by atoms with Crippen molar-refractivity contribution in [3.05, 3.63) is 170 Å². The van der Waals surface area contributed by atoms with Gasteiger partial charge in [-0.2, -0.15) is 0 Å².